The Balaban J connectivity index is 0.00000180. The quantitative estimate of drug-likeness (QED) is 0.475. The summed E-state index contributed by atoms with van der Waals surface area (Å²) in [6.45, 7) is 3.88. The van der Waals surface area contributed by atoms with Gasteiger partial charge in [-0.3, -0.25) is 9.67 Å². The fourth-order valence-electron chi connectivity index (χ4n) is 3.59. The first-order chi connectivity index (χ1) is 12.7. The summed E-state index contributed by atoms with van der Waals surface area (Å²) < 4.78 is 4.15. The van der Waals surface area contributed by atoms with Gasteiger partial charge in [-0.1, -0.05) is 23.7 Å². The molecule has 1 aliphatic rings. The molecule has 3 aromatic heterocycles. The summed E-state index contributed by atoms with van der Waals surface area (Å²) in [4.78, 5) is 4.17. The second kappa shape index (κ2) is 7.24. The molecule has 138 valence electrons. The molecule has 5 rings (SSSR count). The van der Waals surface area contributed by atoms with Crippen LogP contribution in [0.25, 0.3) is 32.5 Å². The Morgan fingerprint density at radius 3 is 2.78 bits per heavy atom. The van der Waals surface area contributed by atoms with E-state index in [9.17, 15) is 0 Å². The molecule has 4 nitrogen and oxygen atoms in total. The van der Waals surface area contributed by atoms with Crippen LogP contribution >= 0.6 is 35.3 Å². The van der Waals surface area contributed by atoms with E-state index in [2.05, 4.69) is 52.2 Å². The number of benzene rings is 1. The largest absolute Gasteiger partial charge is 0.307 e. The maximum atomic E-state index is 6.19. The molecule has 1 aliphatic heterocycles. The van der Waals surface area contributed by atoms with Crippen LogP contribution in [0, 0.1) is 0 Å². The number of nitrogens with zero attached hydrogens (tertiary/aromatic N) is 3. The van der Waals surface area contributed by atoms with Gasteiger partial charge in [0.2, 0.25) is 0 Å². The average molecular weight is 417 g/mol. The van der Waals surface area contributed by atoms with Crippen molar-refractivity contribution in [3.63, 3.8) is 0 Å². The monoisotopic (exact) mass is 416 g/mol. The van der Waals surface area contributed by atoms with Gasteiger partial charge in [0, 0.05) is 40.8 Å². The summed E-state index contributed by atoms with van der Waals surface area (Å²) in [7, 11) is 0. The van der Waals surface area contributed by atoms with Crippen molar-refractivity contribution in [3.8, 4) is 22.4 Å². The summed E-state index contributed by atoms with van der Waals surface area (Å²) in [6.07, 6.45) is 3.68. The van der Waals surface area contributed by atoms with E-state index in [4.69, 9.17) is 16.7 Å². The minimum Gasteiger partial charge on any atom is -0.307 e. The third-order valence-corrected chi connectivity index (χ3v) is 6.08. The highest BCUT2D eigenvalue weighted by Crippen LogP contribution is 2.38. The minimum atomic E-state index is 0. The average Bonchev–Trinajstić information content (AvgIpc) is 3.20. The molecule has 0 fully saturated rings. The second-order valence-corrected chi connectivity index (χ2v) is 8.39. The summed E-state index contributed by atoms with van der Waals surface area (Å²) in [5.41, 5.74) is 5.71. The topological polar surface area (TPSA) is 42.7 Å². The Morgan fingerprint density at radius 2 is 1.96 bits per heavy atom. The van der Waals surface area contributed by atoms with Gasteiger partial charge in [-0.15, -0.1) is 23.7 Å². The Morgan fingerprint density at radius 1 is 1.15 bits per heavy atom. The lowest BCUT2D eigenvalue weighted by molar-refractivity contribution is 0.390. The first-order valence-corrected chi connectivity index (χ1v) is 9.81. The molecule has 0 radical (unpaired) electrons. The number of thiophene rings is 1. The third-order valence-electron chi connectivity index (χ3n) is 4.85. The molecule has 0 aliphatic carbocycles. The van der Waals surface area contributed by atoms with Crippen molar-refractivity contribution >= 4 is 45.4 Å². The zero-order chi connectivity index (χ0) is 17.7. The number of halogens is 2. The zero-order valence-electron chi connectivity index (χ0n) is 14.6. The lowest BCUT2D eigenvalue weighted by atomic mass is 9.98. The molecule has 4 heterocycles. The van der Waals surface area contributed by atoms with Crippen molar-refractivity contribution in [2.45, 2.75) is 26.1 Å². The lowest BCUT2D eigenvalue weighted by Gasteiger charge is -2.22. The van der Waals surface area contributed by atoms with Crippen LogP contribution in [-0.4, -0.2) is 20.8 Å². The Labute approximate surface area is 172 Å². The van der Waals surface area contributed by atoms with Gasteiger partial charge in [0.1, 0.15) is 5.69 Å². The fourth-order valence-corrected chi connectivity index (χ4v) is 4.79. The molecule has 0 bridgehead atoms. The zero-order valence-corrected chi connectivity index (χ0v) is 17.0. The molecule has 1 aromatic carbocycles. The molecule has 4 aromatic rings. The van der Waals surface area contributed by atoms with Gasteiger partial charge in [0.05, 0.1) is 16.6 Å². The maximum absolute atomic E-state index is 6.19. The van der Waals surface area contributed by atoms with Crippen molar-refractivity contribution in [1.29, 1.82) is 0 Å². The van der Waals surface area contributed by atoms with Gasteiger partial charge in [-0.05, 0) is 42.1 Å². The predicted molar refractivity (Wildman–Crippen MR) is 115 cm³/mol. The third kappa shape index (κ3) is 3.25. The number of aromatic nitrogens is 3. The Kier molecular flexibility index (Phi) is 4.95. The summed E-state index contributed by atoms with van der Waals surface area (Å²) in [5.74, 6) is 0. The number of rotatable bonds is 2. The van der Waals surface area contributed by atoms with Crippen LogP contribution in [0.3, 0.4) is 0 Å². The van der Waals surface area contributed by atoms with E-state index in [1.807, 2.05) is 18.5 Å². The standard InChI is InChI=1S/C20H17ClN4S.ClH/c1-12-11-25-16(10-23-12)19(13-4-6-22-7-5-13)20(24-25)15-3-2-14-9-18(21)26-17(14)8-15;/h2-9,12,23H,10-11H2,1H3;1H/t12-;/m1./s1. The minimum absolute atomic E-state index is 0. The van der Waals surface area contributed by atoms with Crippen LogP contribution in [0.2, 0.25) is 4.34 Å². The summed E-state index contributed by atoms with van der Waals surface area (Å²) in [5, 5.41) is 9.72. The van der Waals surface area contributed by atoms with E-state index in [-0.39, 0.29) is 12.4 Å². The van der Waals surface area contributed by atoms with E-state index in [0.29, 0.717) is 6.04 Å². The van der Waals surface area contributed by atoms with Crippen molar-refractivity contribution in [2.24, 2.45) is 0 Å². The number of pyridine rings is 1. The highest BCUT2D eigenvalue weighted by Gasteiger charge is 2.24. The van der Waals surface area contributed by atoms with E-state index in [1.165, 1.54) is 21.3 Å². The molecule has 1 N–H and O–H groups in total. The van der Waals surface area contributed by atoms with Crippen LogP contribution in [0.5, 0.6) is 0 Å². The molecule has 1 atom stereocenters. The van der Waals surface area contributed by atoms with E-state index in [1.54, 1.807) is 11.3 Å². The van der Waals surface area contributed by atoms with Crippen LogP contribution in [-0.2, 0) is 13.1 Å². The van der Waals surface area contributed by atoms with Crippen molar-refractivity contribution < 1.29 is 0 Å². The molecule has 0 saturated heterocycles. The fraction of sp³-hybridized carbons (Fsp3) is 0.200. The normalized spacial score (nSPS) is 16.1. The number of fused-ring (bicyclic) bond motifs is 2. The smallest absolute Gasteiger partial charge is 0.101 e. The molecule has 0 saturated carbocycles. The Bertz CT molecular complexity index is 1100. The molecule has 27 heavy (non-hydrogen) atoms. The molecular weight excluding hydrogens is 399 g/mol. The highest BCUT2D eigenvalue weighted by atomic mass is 35.5. The number of hydrogen-bond acceptors (Lipinski definition) is 4. The molecule has 0 unspecified atom stereocenters. The first kappa shape index (κ1) is 18.4. The van der Waals surface area contributed by atoms with Crippen LogP contribution in [0.1, 0.15) is 12.6 Å². The van der Waals surface area contributed by atoms with Gasteiger partial charge in [0.25, 0.3) is 0 Å². The highest BCUT2D eigenvalue weighted by molar-refractivity contribution is 7.22. The number of nitrogens with one attached hydrogen (secondary N) is 1. The van der Waals surface area contributed by atoms with Crippen molar-refractivity contribution in [3.05, 3.63) is 58.8 Å². The first-order valence-electron chi connectivity index (χ1n) is 8.62. The predicted octanol–water partition coefficient (Wildman–Crippen LogP) is 5.39. The molecule has 7 heteroatoms. The molecular formula is C20H18Cl2N4S. The van der Waals surface area contributed by atoms with Gasteiger partial charge < -0.3 is 5.32 Å². The van der Waals surface area contributed by atoms with Crippen molar-refractivity contribution in [1.82, 2.24) is 20.1 Å². The summed E-state index contributed by atoms with van der Waals surface area (Å²) in [6, 6.07) is 13.0. The lowest BCUT2D eigenvalue weighted by Crippen LogP contribution is -2.36. The van der Waals surface area contributed by atoms with E-state index < -0.39 is 0 Å². The van der Waals surface area contributed by atoms with Gasteiger partial charge in [-0.2, -0.15) is 5.10 Å². The molecule has 0 spiro atoms. The SMILES string of the molecule is C[C@@H]1Cn2nc(-c3ccc4cc(Cl)sc4c3)c(-c3ccncc3)c2CN1.Cl. The van der Waals surface area contributed by atoms with E-state index in [0.717, 1.165) is 34.2 Å². The van der Waals surface area contributed by atoms with Gasteiger partial charge in [0.15, 0.2) is 0 Å². The van der Waals surface area contributed by atoms with Crippen molar-refractivity contribution in [2.75, 3.05) is 0 Å². The van der Waals surface area contributed by atoms with E-state index >= 15 is 0 Å². The van der Waals surface area contributed by atoms with Gasteiger partial charge in [-0.25, -0.2) is 0 Å². The molecule has 0 amide bonds. The maximum Gasteiger partial charge on any atom is 0.101 e. The van der Waals surface area contributed by atoms with Crippen LogP contribution in [0.15, 0.2) is 48.8 Å². The Hall–Kier alpha value is -1.92. The van der Waals surface area contributed by atoms with Crippen LogP contribution < -0.4 is 5.32 Å². The van der Waals surface area contributed by atoms with Gasteiger partial charge >= 0.3 is 0 Å². The van der Waals surface area contributed by atoms with Crippen LogP contribution in [0.4, 0.5) is 0 Å². The second-order valence-electron chi connectivity index (χ2n) is 6.67. The summed E-state index contributed by atoms with van der Waals surface area (Å²) >= 11 is 7.80. The number of hydrogen-bond donors (Lipinski definition) is 1.